The van der Waals surface area contributed by atoms with E-state index >= 15 is 0 Å². The highest BCUT2D eigenvalue weighted by Crippen LogP contribution is 2.32. The smallest absolute Gasteiger partial charge is 0.175 e. The van der Waals surface area contributed by atoms with Gasteiger partial charge in [0.15, 0.2) is 9.84 Å². The van der Waals surface area contributed by atoms with Gasteiger partial charge in [0.25, 0.3) is 0 Å². The fourth-order valence-electron chi connectivity index (χ4n) is 2.89. The first-order valence-electron chi connectivity index (χ1n) is 6.76. The van der Waals surface area contributed by atoms with Crippen LogP contribution in [0.3, 0.4) is 0 Å². The number of fused-ring (bicyclic) bond motifs is 2. The van der Waals surface area contributed by atoms with Crippen LogP contribution in [0.1, 0.15) is 12.0 Å². The molecule has 2 unspecified atom stereocenters. The van der Waals surface area contributed by atoms with Gasteiger partial charge in [-0.25, -0.2) is 8.42 Å². The van der Waals surface area contributed by atoms with Crippen LogP contribution in [0.15, 0.2) is 35.2 Å². The number of benzene rings is 1. The molecule has 2 bridgehead atoms. The molecule has 1 aromatic carbocycles. The minimum absolute atomic E-state index is 0.291. The molecule has 0 amide bonds. The Morgan fingerprint density at radius 1 is 1.30 bits per heavy atom. The average molecular weight is 293 g/mol. The van der Waals surface area contributed by atoms with Crippen molar-refractivity contribution in [2.24, 2.45) is 0 Å². The first-order chi connectivity index (χ1) is 9.45. The molecule has 2 aliphatic heterocycles. The molecule has 0 aliphatic carbocycles. The third kappa shape index (κ3) is 2.53. The summed E-state index contributed by atoms with van der Waals surface area (Å²) in [6.07, 6.45) is 4.36. The van der Waals surface area contributed by atoms with Crippen LogP contribution in [0.4, 0.5) is 0 Å². The molecule has 5 heteroatoms. The molecule has 2 atom stereocenters. The highest BCUT2D eigenvalue weighted by Gasteiger charge is 2.32. The van der Waals surface area contributed by atoms with Crippen molar-refractivity contribution in [3.63, 3.8) is 0 Å². The number of nitrogens with zero attached hydrogens (tertiary/aromatic N) is 1. The van der Waals surface area contributed by atoms with E-state index in [1.165, 1.54) is 11.8 Å². The Morgan fingerprint density at radius 2 is 2.10 bits per heavy atom. The van der Waals surface area contributed by atoms with Crippen LogP contribution in [0.25, 0.3) is 5.57 Å². The SMILES string of the molecule is CN1C2C=C(c3cccc(S(C)(=O)=O)c3)CC1COC2. The van der Waals surface area contributed by atoms with E-state index in [-0.39, 0.29) is 0 Å². The van der Waals surface area contributed by atoms with Crippen molar-refractivity contribution in [3.05, 3.63) is 35.9 Å². The standard InChI is InChI=1S/C15H19NO3S/c1-16-13-6-12(7-14(16)10-19-9-13)11-4-3-5-15(8-11)20(2,17)18/h3-6,8,13-14H,7,9-10H2,1-2H3. The molecule has 4 nitrogen and oxygen atoms in total. The molecule has 20 heavy (non-hydrogen) atoms. The number of hydrogen-bond acceptors (Lipinski definition) is 4. The van der Waals surface area contributed by atoms with Gasteiger partial charge in [0.2, 0.25) is 0 Å². The molecule has 1 aromatic rings. The molecule has 0 radical (unpaired) electrons. The van der Waals surface area contributed by atoms with Gasteiger partial charge in [-0.1, -0.05) is 18.2 Å². The zero-order valence-electron chi connectivity index (χ0n) is 11.7. The van der Waals surface area contributed by atoms with Crippen molar-refractivity contribution in [1.29, 1.82) is 0 Å². The minimum Gasteiger partial charge on any atom is -0.378 e. The van der Waals surface area contributed by atoms with Crippen molar-refractivity contribution in [2.45, 2.75) is 23.4 Å². The summed E-state index contributed by atoms with van der Waals surface area (Å²) in [5.41, 5.74) is 2.24. The molecule has 0 aromatic heterocycles. The zero-order valence-corrected chi connectivity index (χ0v) is 12.6. The predicted octanol–water partition coefficient (Wildman–Crippen LogP) is 1.58. The van der Waals surface area contributed by atoms with Crippen LogP contribution in [-0.4, -0.2) is 51.9 Å². The number of rotatable bonds is 2. The molecule has 0 saturated carbocycles. The van der Waals surface area contributed by atoms with Gasteiger partial charge >= 0.3 is 0 Å². The third-order valence-electron chi connectivity index (χ3n) is 4.18. The zero-order chi connectivity index (χ0) is 14.3. The van der Waals surface area contributed by atoms with Crippen molar-refractivity contribution < 1.29 is 13.2 Å². The summed E-state index contributed by atoms with van der Waals surface area (Å²) in [6.45, 7) is 1.46. The second-order valence-corrected chi connectivity index (χ2v) is 7.64. The number of ether oxygens (including phenoxy) is 1. The minimum atomic E-state index is -3.16. The summed E-state index contributed by atoms with van der Waals surface area (Å²) >= 11 is 0. The summed E-state index contributed by atoms with van der Waals surface area (Å²) in [6, 6.07) is 7.91. The van der Waals surface area contributed by atoms with Gasteiger partial charge < -0.3 is 4.74 Å². The Kier molecular flexibility index (Phi) is 3.44. The second kappa shape index (κ2) is 4.98. The molecule has 3 rings (SSSR count). The lowest BCUT2D eigenvalue weighted by Crippen LogP contribution is -2.51. The summed E-state index contributed by atoms with van der Waals surface area (Å²) in [4.78, 5) is 2.73. The first-order valence-corrected chi connectivity index (χ1v) is 8.65. The van der Waals surface area contributed by atoms with Crippen LogP contribution in [0.5, 0.6) is 0 Å². The van der Waals surface area contributed by atoms with Crippen molar-refractivity contribution in [2.75, 3.05) is 26.5 Å². The lowest BCUT2D eigenvalue weighted by molar-refractivity contribution is -0.0221. The van der Waals surface area contributed by atoms with E-state index in [0.29, 0.717) is 23.6 Å². The molecule has 1 fully saturated rings. The monoisotopic (exact) mass is 293 g/mol. The number of hydrogen-bond donors (Lipinski definition) is 0. The van der Waals surface area contributed by atoms with E-state index in [1.54, 1.807) is 12.1 Å². The number of likely N-dealkylation sites (N-methyl/N-ethyl adjacent to an activating group) is 1. The largest absolute Gasteiger partial charge is 0.378 e. The normalized spacial score (nSPS) is 27.2. The fraction of sp³-hybridized carbons (Fsp3) is 0.467. The Hall–Kier alpha value is -1.17. The summed E-state index contributed by atoms with van der Waals surface area (Å²) in [7, 11) is -1.03. The van der Waals surface area contributed by atoms with Gasteiger partial charge in [0.05, 0.1) is 24.2 Å². The summed E-state index contributed by atoms with van der Waals surface area (Å²) in [5.74, 6) is 0. The quantitative estimate of drug-likeness (QED) is 0.830. The second-order valence-electron chi connectivity index (χ2n) is 5.62. The maximum absolute atomic E-state index is 11.7. The Balaban J connectivity index is 1.98. The molecule has 1 saturated heterocycles. The maximum atomic E-state index is 11.7. The lowest BCUT2D eigenvalue weighted by Gasteiger charge is -2.42. The average Bonchev–Trinajstić information content (AvgIpc) is 2.37. The van der Waals surface area contributed by atoms with E-state index in [4.69, 9.17) is 4.74 Å². The number of sulfone groups is 1. The van der Waals surface area contributed by atoms with E-state index in [9.17, 15) is 8.42 Å². The van der Waals surface area contributed by atoms with Gasteiger partial charge in [-0.05, 0) is 36.7 Å². The Morgan fingerprint density at radius 3 is 2.80 bits per heavy atom. The summed E-state index contributed by atoms with van der Waals surface area (Å²) < 4.78 is 28.9. The van der Waals surface area contributed by atoms with E-state index in [2.05, 4.69) is 18.0 Å². The van der Waals surface area contributed by atoms with Crippen molar-refractivity contribution >= 4 is 15.4 Å². The molecule has 2 aliphatic rings. The maximum Gasteiger partial charge on any atom is 0.175 e. The molecular formula is C15H19NO3S. The molecule has 2 heterocycles. The summed E-state index contributed by atoms with van der Waals surface area (Å²) in [5, 5.41) is 0. The van der Waals surface area contributed by atoms with Gasteiger partial charge in [-0.15, -0.1) is 0 Å². The molecule has 0 spiro atoms. The predicted molar refractivity (Wildman–Crippen MR) is 78.3 cm³/mol. The van der Waals surface area contributed by atoms with Gasteiger partial charge in [0.1, 0.15) is 0 Å². The van der Waals surface area contributed by atoms with E-state index in [0.717, 1.165) is 18.6 Å². The van der Waals surface area contributed by atoms with E-state index in [1.807, 2.05) is 12.1 Å². The fourth-order valence-corrected chi connectivity index (χ4v) is 3.56. The highest BCUT2D eigenvalue weighted by molar-refractivity contribution is 7.90. The Bertz CT molecular complexity index is 651. The van der Waals surface area contributed by atoms with Crippen LogP contribution in [-0.2, 0) is 14.6 Å². The molecule has 0 N–H and O–H groups in total. The van der Waals surface area contributed by atoms with Gasteiger partial charge in [0, 0.05) is 12.3 Å². The lowest BCUT2D eigenvalue weighted by atomic mass is 9.90. The van der Waals surface area contributed by atoms with Gasteiger partial charge in [-0.3, -0.25) is 4.90 Å². The van der Waals surface area contributed by atoms with Crippen LogP contribution >= 0.6 is 0 Å². The van der Waals surface area contributed by atoms with Crippen molar-refractivity contribution in [3.8, 4) is 0 Å². The van der Waals surface area contributed by atoms with E-state index < -0.39 is 9.84 Å². The van der Waals surface area contributed by atoms with Crippen LogP contribution in [0.2, 0.25) is 0 Å². The Labute approximate surface area is 120 Å². The first kappa shape index (κ1) is 13.8. The molecule has 108 valence electrons. The number of morpholine rings is 1. The topological polar surface area (TPSA) is 46.6 Å². The highest BCUT2D eigenvalue weighted by atomic mass is 32.2. The molecular weight excluding hydrogens is 274 g/mol. The van der Waals surface area contributed by atoms with Crippen molar-refractivity contribution in [1.82, 2.24) is 4.90 Å². The van der Waals surface area contributed by atoms with Gasteiger partial charge in [-0.2, -0.15) is 0 Å². The van der Waals surface area contributed by atoms with Crippen LogP contribution in [0, 0.1) is 0 Å². The third-order valence-corrected chi connectivity index (χ3v) is 5.29. The van der Waals surface area contributed by atoms with Crippen LogP contribution < -0.4 is 0 Å².